The molecule has 3 rings (SSSR count). The Kier molecular flexibility index (Phi) is 5.50. The summed E-state index contributed by atoms with van der Waals surface area (Å²) < 4.78 is 0. The number of amides is 1. The van der Waals surface area contributed by atoms with E-state index in [0.717, 1.165) is 35.3 Å². The number of aromatic amines is 1. The van der Waals surface area contributed by atoms with Crippen molar-refractivity contribution in [2.45, 2.75) is 13.0 Å². The van der Waals surface area contributed by atoms with Crippen molar-refractivity contribution in [3.8, 4) is 0 Å². The van der Waals surface area contributed by atoms with E-state index in [1.807, 2.05) is 30.6 Å². The van der Waals surface area contributed by atoms with Gasteiger partial charge in [-0.05, 0) is 48.4 Å². The van der Waals surface area contributed by atoms with Crippen LogP contribution in [0.1, 0.15) is 16.8 Å². The summed E-state index contributed by atoms with van der Waals surface area (Å²) >= 11 is 0. The zero-order valence-corrected chi connectivity index (χ0v) is 13.6. The Morgan fingerprint density at radius 3 is 2.96 bits per heavy atom. The third kappa shape index (κ3) is 4.72. The predicted molar refractivity (Wildman–Crippen MR) is 94.7 cm³/mol. The van der Waals surface area contributed by atoms with Gasteiger partial charge in [0.05, 0.1) is 5.69 Å². The van der Waals surface area contributed by atoms with Crippen molar-refractivity contribution < 1.29 is 10.0 Å². The van der Waals surface area contributed by atoms with E-state index in [9.17, 15) is 4.79 Å². The van der Waals surface area contributed by atoms with Gasteiger partial charge in [0.25, 0.3) is 5.91 Å². The second-order valence-electron chi connectivity index (χ2n) is 5.58. The first-order chi connectivity index (χ1) is 12.2. The normalized spacial score (nSPS) is 11.2. The highest BCUT2D eigenvalue weighted by molar-refractivity contribution is 5.90. The minimum absolute atomic E-state index is 0.571. The molecule has 0 aromatic carbocycles. The average Bonchev–Trinajstić information content (AvgIpc) is 3.12. The van der Waals surface area contributed by atoms with Crippen molar-refractivity contribution >= 4 is 23.0 Å². The molecule has 0 aliphatic heterocycles. The van der Waals surface area contributed by atoms with Gasteiger partial charge in [-0.3, -0.25) is 15.0 Å². The second-order valence-corrected chi connectivity index (χ2v) is 5.58. The molecule has 7 heteroatoms. The lowest BCUT2D eigenvalue weighted by Gasteiger charge is -2.05. The average molecular weight is 337 g/mol. The number of aromatic nitrogens is 3. The standard InChI is InChI=1S/C18H19N5O2/c24-17(23-25)4-2-13-1-3-16(21-10-13)12-19-7-5-14-9-15-6-8-20-18(15)22-11-14/h1-4,6,8-11,19,25H,5,7,12H2,(H,20,22)(H,23,24)/b4-2+. The lowest BCUT2D eigenvalue weighted by atomic mass is 10.2. The summed E-state index contributed by atoms with van der Waals surface area (Å²) in [4.78, 5) is 22.7. The highest BCUT2D eigenvalue weighted by atomic mass is 16.5. The number of hydrogen-bond donors (Lipinski definition) is 4. The van der Waals surface area contributed by atoms with Gasteiger partial charge >= 0.3 is 0 Å². The molecule has 0 saturated heterocycles. The maximum absolute atomic E-state index is 10.9. The summed E-state index contributed by atoms with van der Waals surface area (Å²) in [5.41, 5.74) is 5.35. The van der Waals surface area contributed by atoms with E-state index in [2.05, 4.69) is 26.3 Å². The van der Waals surface area contributed by atoms with E-state index in [1.54, 1.807) is 17.8 Å². The van der Waals surface area contributed by atoms with Crippen LogP contribution in [-0.2, 0) is 17.8 Å². The van der Waals surface area contributed by atoms with E-state index in [4.69, 9.17) is 5.21 Å². The monoisotopic (exact) mass is 337 g/mol. The van der Waals surface area contributed by atoms with Crippen LogP contribution in [0.15, 0.2) is 48.9 Å². The molecule has 0 unspecified atom stereocenters. The van der Waals surface area contributed by atoms with Crippen molar-refractivity contribution in [3.05, 3.63) is 65.8 Å². The third-order valence-corrected chi connectivity index (χ3v) is 3.74. The Morgan fingerprint density at radius 2 is 2.16 bits per heavy atom. The van der Waals surface area contributed by atoms with E-state index >= 15 is 0 Å². The third-order valence-electron chi connectivity index (χ3n) is 3.74. The molecule has 7 nitrogen and oxygen atoms in total. The van der Waals surface area contributed by atoms with Crippen LogP contribution in [0.4, 0.5) is 0 Å². The van der Waals surface area contributed by atoms with Crippen molar-refractivity contribution in [2.75, 3.05) is 6.54 Å². The maximum Gasteiger partial charge on any atom is 0.267 e. The van der Waals surface area contributed by atoms with Crippen LogP contribution in [0.5, 0.6) is 0 Å². The van der Waals surface area contributed by atoms with Gasteiger partial charge in [0.15, 0.2) is 0 Å². The molecule has 0 bridgehead atoms. The van der Waals surface area contributed by atoms with Gasteiger partial charge in [0.2, 0.25) is 0 Å². The highest BCUT2D eigenvalue weighted by Crippen LogP contribution is 2.11. The lowest BCUT2D eigenvalue weighted by molar-refractivity contribution is -0.124. The molecule has 0 saturated carbocycles. The number of H-pyrrole nitrogens is 1. The van der Waals surface area contributed by atoms with Crippen molar-refractivity contribution in [1.29, 1.82) is 0 Å². The Labute approximate surface area is 144 Å². The van der Waals surface area contributed by atoms with Crippen LogP contribution in [0.2, 0.25) is 0 Å². The number of hydrogen-bond acceptors (Lipinski definition) is 5. The fourth-order valence-corrected chi connectivity index (χ4v) is 2.42. The van der Waals surface area contributed by atoms with E-state index < -0.39 is 5.91 Å². The van der Waals surface area contributed by atoms with Crippen molar-refractivity contribution in [1.82, 2.24) is 25.7 Å². The lowest BCUT2D eigenvalue weighted by Crippen LogP contribution is -2.17. The number of nitrogens with zero attached hydrogens (tertiary/aromatic N) is 2. The molecule has 0 atom stereocenters. The predicted octanol–water partition coefficient (Wildman–Crippen LogP) is 1.81. The number of carbonyl (C=O) groups is 1. The minimum Gasteiger partial charge on any atom is -0.346 e. The quantitative estimate of drug-likeness (QED) is 0.228. The zero-order valence-electron chi connectivity index (χ0n) is 13.6. The molecule has 0 spiro atoms. The smallest absolute Gasteiger partial charge is 0.267 e. The maximum atomic E-state index is 10.9. The summed E-state index contributed by atoms with van der Waals surface area (Å²) in [7, 11) is 0. The number of rotatable bonds is 7. The first-order valence-corrected chi connectivity index (χ1v) is 7.94. The molecule has 25 heavy (non-hydrogen) atoms. The van der Waals surface area contributed by atoms with Gasteiger partial charge in [0.1, 0.15) is 5.65 Å². The van der Waals surface area contributed by atoms with Crippen molar-refractivity contribution in [3.63, 3.8) is 0 Å². The van der Waals surface area contributed by atoms with Crippen molar-refractivity contribution in [2.24, 2.45) is 0 Å². The van der Waals surface area contributed by atoms with Crippen LogP contribution >= 0.6 is 0 Å². The number of pyridine rings is 2. The first kappa shape index (κ1) is 16.8. The van der Waals surface area contributed by atoms with Gasteiger partial charge in [-0.25, -0.2) is 10.5 Å². The summed E-state index contributed by atoms with van der Waals surface area (Å²) in [6.07, 6.45) is 9.18. The summed E-state index contributed by atoms with van der Waals surface area (Å²) in [6, 6.07) is 7.93. The number of hydroxylamine groups is 1. The fraction of sp³-hybridized carbons (Fsp3) is 0.167. The van der Waals surface area contributed by atoms with Gasteiger partial charge < -0.3 is 10.3 Å². The van der Waals surface area contributed by atoms with Crippen LogP contribution in [-0.4, -0.2) is 32.6 Å². The zero-order chi connectivity index (χ0) is 17.5. The molecule has 0 fully saturated rings. The molecule has 4 N–H and O–H groups in total. The molecule has 3 aromatic heterocycles. The summed E-state index contributed by atoms with van der Waals surface area (Å²) in [5.74, 6) is -0.571. The van der Waals surface area contributed by atoms with E-state index in [1.165, 1.54) is 11.6 Å². The first-order valence-electron chi connectivity index (χ1n) is 7.94. The van der Waals surface area contributed by atoms with Crippen LogP contribution in [0.25, 0.3) is 17.1 Å². The Morgan fingerprint density at radius 1 is 1.24 bits per heavy atom. The summed E-state index contributed by atoms with van der Waals surface area (Å²) in [5, 5.41) is 12.9. The van der Waals surface area contributed by atoms with Crippen LogP contribution in [0, 0.1) is 0 Å². The van der Waals surface area contributed by atoms with Gasteiger partial charge in [-0.1, -0.05) is 6.07 Å². The minimum atomic E-state index is -0.571. The van der Waals surface area contributed by atoms with Gasteiger partial charge in [-0.2, -0.15) is 0 Å². The van der Waals surface area contributed by atoms with Gasteiger partial charge in [0, 0.05) is 36.6 Å². The molecule has 0 radical (unpaired) electrons. The summed E-state index contributed by atoms with van der Waals surface area (Å²) in [6.45, 7) is 1.50. The molecule has 0 aliphatic carbocycles. The van der Waals surface area contributed by atoms with E-state index in [0.29, 0.717) is 6.54 Å². The fourth-order valence-electron chi connectivity index (χ4n) is 2.42. The largest absolute Gasteiger partial charge is 0.346 e. The number of carbonyl (C=O) groups excluding carboxylic acids is 1. The van der Waals surface area contributed by atoms with Gasteiger partial charge in [-0.15, -0.1) is 0 Å². The molecular formula is C18H19N5O2. The Hall–Kier alpha value is -3.03. The highest BCUT2D eigenvalue weighted by Gasteiger charge is 2.00. The second kappa shape index (κ2) is 8.18. The molecular weight excluding hydrogens is 318 g/mol. The molecule has 128 valence electrons. The molecule has 1 amide bonds. The Bertz CT molecular complexity index is 871. The number of fused-ring (bicyclic) bond motifs is 1. The van der Waals surface area contributed by atoms with Crippen LogP contribution < -0.4 is 10.8 Å². The van der Waals surface area contributed by atoms with Crippen LogP contribution in [0.3, 0.4) is 0 Å². The SMILES string of the molecule is O=C(/C=C/c1ccc(CNCCc2cnc3[nH]ccc3c2)nc1)NO. The molecule has 3 aromatic rings. The van der Waals surface area contributed by atoms with E-state index in [-0.39, 0.29) is 0 Å². The Balaban J connectivity index is 1.45. The molecule has 0 aliphatic rings. The topological polar surface area (TPSA) is 103 Å². The number of nitrogens with one attached hydrogen (secondary N) is 3. The molecule has 3 heterocycles.